The third-order valence-corrected chi connectivity index (χ3v) is 2.22. The number of carboxylic acid groups (broad SMARTS) is 1. The van der Waals surface area contributed by atoms with Crippen molar-refractivity contribution in [2.75, 3.05) is 0 Å². The fourth-order valence-corrected chi connectivity index (χ4v) is 1.43. The minimum atomic E-state index is -1.12. The van der Waals surface area contributed by atoms with E-state index in [0.717, 1.165) is 0 Å². The molecule has 0 spiro atoms. The predicted molar refractivity (Wildman–Crippen MR) is 53.9 cm³/mol. The molecule has 0 saturated heterocycles. The molecule has 0 aliphatic carbocycles. The van der Waals surface area contributed by atoms with Crippen LogP contribution in [0.5, 0.6) is 0 Å². The second-order valence-electron chi connectivity index (χ2n) is 3.18. The lowest BCUT2D eigenvalue weighted by atomic mass is 9.98. The van der Waals surface area contributed by atoms with Gasteiger partial charge in [0.15, 0.2) is 0 Å². The van der Waals surface area contributed by atoms with Crippen LogP contribution in [0.3, 0.4) is 0 Å². The van der Waals surface area contributed by atoms with Gasteiger partial charge in [0, 0.05) is 11.6 Å². The summed E-state index contributed by atoms with van der Waals surface area (Å²) >= 11 is 0. The summed E-state index contributed by atoms with van der Waals surface area (Å²) in [6.07, 6.45) is -0.392. The summed E-state index contributed by atoms with van der Waals surface area (Å²) in [6, 6.07) is 4.30. The summed E-state index contributed by atoms with van der Waals surface area (Å²) in [4.78, 5) is 20.6. The molecule has 0 radical (unpaired) electrons. The zero-order valence-corrected chi connectivity index (χ0v) is 8.43. The second kappa shape index (κ2) is 4.40. The van der Waals surface area contributed by atoms with Gasteiger partial charge in [0.25, 0.3) is 5.69 Å². The number of nitro groups is 1. The third-order valence-electron chi connectivity index (χ3n) is 2.22. The van der Waals surface area contributed by atoms with Gasteiger partial charge >= 0.3 is 5.97 Å². The Balaban J connectivity index is 3.41. The maximum Gasteiger partial charge on any atom is 0.307 e. The van der Waals surface area contributed by atoms with Crippen molar-refractivity contribution < 1.29 is 14.8 Å². The normalized spacial score (nSPS) is 9.50. The Morgan fingerprint density at radius 2 is 2.25 bits per heavy atom. The highest BCUT2D eigenvalue weighted by Crippen LogP contribution is 2.24. The summed E-state index contributed by atoms with van der Waals surface area (Å²) in [5.74, 6) is -1.12. The first-order valence-electron chi connectivity index (χ1n) is 4.36. The van der Waals surface area contributed by atoms with Gasteiger partial charge in [-0.05, 0) is 18.6 Å². The third kappa shape index (κ3) is 2.15. The zero-order chi connectivity index (χ0) is 12.3. The molecular weight excluding hydrogens is 212 g/mol. The van der Waals surface area contributed by atoms with Crippen molar-refractivity contribution >= 4 is 11.7 Å². The first-order valence-corrected chi connectivity index (χ1v) is 4.36. The Bertz CT molecular complexity index is 502. The van der Waals surface area contributed by atoms with Crippen molar-refractivity contribution in [3.63, 3.8) is 0 Å². The van der Waals surface area contributed by atoms with Crippen molar-refractivity contribution in [2.45, 2.75) is 13.3 Å². The van der Waals surface area contributed by atoms with Crippen molar-refractivity contribution in [1.82, 2.24) is 0 Å². The van der Waals surface area contributed by atoms with E-state index < -0.39 is 17.3 Å². The molecule has 0 bridgehead atoms. The molecule has 1 N–H and O–H groups in total. The van der Waals surface area contributed by atoms with Gasteiger partial charge in [0.2, 0.25) is 0 Å². The van der Waals surface area contributed by atoms with E-state index in [4.69, 9.17) is 10.4 Å². The fourth-order valence-electron chi connectivity index (χ4n) is 1.43. The van der Waals surface area contributed by atoms with E-state index in [2.05, 4.69) is 0 Å². The van der Waals surface area contributed by atoms with Crippen LogP contribution in [-0.2, 0) is 11.2 Å². The average Bonchev–Trinajstić information content (AvgIpc) is 2.19. The van der Waals surface area contributed by atoms with E-state index in [9.17, 15) is 14.9 Å². The van der Waals surface area contributed by atoms with Gasteiger partial charge < -0.3 is 5.11 Å². The zero-order valence-electron chi connectivity index (χ0n) is 8.43. The number of aliphatic carboxylic acids is 1. The van der Waals surface area contributed by atoms with Crippen LogP contribution in [0.1, 0.15) is 16.7 Å². The molecule has 1 rings (SSSR count). The minimum Gasteiger partial charge on any atom is -0.481 e. The van der Waals surface area contributed by atoms with E-state index >= 15 is 0 Å². The molecule has 0 aliphatic heterocycles. The first-order chi connectivity index (χ1) is 7.47. The number of rotatable bonds is 3. The van der Waals surface area contributed by atoms with Crippen molar-refractivity contribution in [2.24, 2.45) is 0 Å². The Labute approximate surface area is 90.9 Å². The molecule has 0 aromatic heterocycles. The Morgan fingerprint density at radius 3 is 2.69 bits per heavy atom. The quantitative estimate of drug-likeness (QED) is 0.612. The first kappa shape index (κ1) is 11.7. The van der Waals surface area contributed by atoms with Crippen LogP contribution in [0.15, 0.2) is 12.1 Å². The highest BCUT2D eigenvalue weighted by molar-refractivity contribution is 5.73. The van der Waals surface area contributed by atoms with Gasteiger partial charge in [-0.25, -0.2) is 0 Å². The fraction of sp³-hybridized carbons (Fsp3) is 0.200. The van der Waals surface area contributed by atoms with Gasteiger partial charge in [-0.2, -0.15) is 5.26 Å². The maximum atomic E-state index is 10.6. The van der Waals surface area contributed by atoms with Crippen LogP contribution >= 0.6 is 0 Å². The summed E-state index contributed by atoms with van der Waals surface area (Å²) < 4.78 is 0. The standard InChI is InChI=1S/C10H8N2O4/c1-6-8(4-10(13)14)7(5-11)2-3-9(6)12(15)16/h2-3H,4H2,1H3,(H,13,14). The lowest BCUT2D eigenvalue weighted by Crippen LogP contribution is -2.06. The van der Waals surface area contributed by atoms with Gasteiger partial charge in [0.1, 0.15) is 0 Å². The molecule has 0 saturated carbocycles. The Hall–Kier alpha value is -2.42. The summed E-state index contributed by atoms with van der Waals surface area (Å²) in [5.41, 5.74) is 0.413. The Kier molecular flexibility index (Phi) is 3.20. The summed E-state index contributed by atoms with van der Waals surface area (Å²) in [6.45, 7) is 1.44. The van der Waals surface area contributed by atoms with Gasteiger partial charge in [-0.1, -0.05) is 0 Å². The summed E-state index contributed by atoms with van der Waals surface area (Å²) in [5, 5.41) is 28.1. The van der Waals surface area contributed by atoms with E-state index in [0.29, 0.717) is 0 Å². The van der Waals surface area contributed by atoms with Crippen LogP contribution in [-0.4, -0.2) is 16.0 Å². The molecule has 0 fully saturated rings. The molecule has 0 atom stereocenters. The molecule has 16 heavy (non-hydrogen) atoms. The number of hydrogen-bond donors (Lipinski definition) is 1. The maximum absolute atomic E-state index is 10.6. The number of nitro benzene ring substituents is 1. The molecule has 0 unspecified atom stereocenters. The SMILES string of the molecule is Cc1c([N+](=O)[O-])ccc(C#N)c1CC(=O)O. The van der Waals surface area contributed by atoms with E-state index in [1.165, 1.54) is 19.1 Å². The van der Waals surface area contributed by atoms with E-state index in [-0.39, 0.29) is 22.4 Å². The molecule has 6 heteroatoms. The molecule has 0 heterocycles. The average molecular weight is 220 g/mol. The van der Waals surface area contributed by atoms with Crippen molar-refractivity contribution in [3.8, 4) is 6.07 Å². The highest BCUT2D eigenvalue weighted by Gasteiger charge is 2.18. The lowest BCUT2D eigenvalue weighted by molar-refractivity contribution is -0.385. The molecule has 82 valence electrons. The van der Waals surface area contributed by atoms with Gasteiger partial charge in [0.05, 0.1) is 23.0 Å². The number of carbonyl (C=O) groups is 1. The highest BCUT2D eigenvalue weighted by atomic mass is 16.6. The molecule has 0 aliphatic rings. The molecule has 1 aromatic rings. The molecule has 0 amide bonds. The number of nitriles is 1. The van der Waals surface area contributed by atoms with Crippen LogP contribution in [0.25, 0.3) is 0 Å². The lowest BCUT2D eigenvalue weighted by Gasteiger charge is -2.05. The van der Waals surface area contributed by atoms with Crippen molar-refractivity contribution in [3.05, 3.63) is 38.9 Å². The topological polar surface area (TPSA) is 104 Å². The predicted octanol–water partition coefficient (Wildman–Crippen LogP) is 1.40. The van der Waals surface area contributed by atoms with Crippen LogP contribution in [0, 0.1) is 28.4 Å². The molecular formula is C10H8N2O4. The number of nitrogens with zero attached hydrogens (tertiary/aromatic N) is 2. The second-order valence-corrected chi connectivity index (χ2v) is 3.18. The minimum absolute atomic E-state index is 0.158. The summed E-state index contributed by atoms with van der Waals surface area (Å²) in [7, 11) is 0. The van der Waals surface area contributed by atoms with Crippen LogP contribution in [0.2, 0.25) is 0 Å². The van der Waals surface area contributed by atoms with E-state index in [1.54, 1.807) is 0 Å². The largest absolute Gasteiger partial charge is 0.481 e. The van der Waals surface area contributed by atoms with Crippen LogP contribution in [0.4, 0.5) is 5.69 Å². The van der Waals surface area contributed by atoms with Crippen LogP contribution < -0.4 is 0 Å². The number of benzene rings is 1. The van der Waals surface area contributed by atoms with Gasteiger partial charge in [-0.3, -0.25) is 14.9 Å². The smallest absolute Gasteiger partial charge is 0.307 e. The van der Waals surface area contributed by atoms with Crippen molar-refractivity contribution in [1.29, 1.82) is 5.26 Å². The van der Waals surface area contributed by atoms with Gasteiger partial charge in [-0.15, -0.1) is 0 Å². The number of carboxylic acids is 1. The number of hydrogen-bond acceptors (Lipinski definition) is 4. The Morgan fingerprint density at radius 1 is 1.62 bits per heavy atom. The molecule has 6 nitrogen and oxygen atoms in total. The monoisotopic (exact) mass is 220 g/mol. The van der Waals surface area contributed by atoms with E-state index in [1.807, 2.05) is 6.07 Å². The molecule has 1 aromatic carbocycles.